The Bertz CT molecular complexity index is 753. The third kappa shape index (κ3) is 3.07. The number of hydrogen-bond donors (Lipinski definition) is 1. The Kier molecular flexibility index (Phi) is 4.69. The van der Waals surface area contributed by atoms with Gasteiger partial charge in [0.1, 0.15) is 0 Å². The van der Waals surface area contributed by atoms with Crippen LogP contribution in [0, 0.1) is 30.3 Å². The molecule has 24 heavy (non-hydrogen) atoms. The second-order valence-electron chi connectivity index (χ2n) is 6.29. The van der Waals surface area contributed by atoms with Crippen LogP contribution in [0.3, 0.4) is 0 Å². The standard InChI is InChI=1S/C19H19F3O2/c1-11-6-7-13(17(21)16(11)20)14-8-9-15(18(22)19(14)23)24-10-12-4-2-3-5-12/h6-9,12,23H,2-5,10H2,1H3. The van der Waals surface area contributed by atoms with E-state index >= 15 is 0 Å². The van der Waals surface area contributed by atoms with Gasteiger partial charge >= 0.3 is 0 Å². The van der Waals surface area contributed by atoms with Crippen molar-refractivity contribution in [1.82, 2.24) is 0 Å². The molecule has 2 nitrogen and oxygen atoms in total. The Morgan fingerprint density at radius 2 is 1.62 bits per heavy atom. The number of rotatable bonds is 4. The SMILES string of the molecule is Cc1ccc(-c2ccc(OCC3CCCC3)c(F)c2O)c(F)c1F. The summed E-state index contributed by atoms with van der Waals surface area (Å²) in [6.07, 6.45) is 4.41. The summed E-state index contributed by atoms with van der Waals surface area (Å²) in [5, 5.41) is 10.1. The topological polar surface area (TPSA) is 29.5 Å². The van der Waals surface area contributed by atoms with Gasteiger partial charge in [0.2, 0.25) is 5.82 Å². The molecule has 5 heteroatoms. The summed E-state index contributed by atoms with van der Waals surface area (Å²) in [4.78, 5) is 0. The highest BCUT2D eigenvalue weighted by atomic mass is 19.2. The van der Waals surface area contributed by atoms with Gasteiger partial charge < -0.3 is 9.84 Å². The van der Waals surface area contributed by atoms with Crippen molar-refractivity contribution in [2.24, 2.45) is 5.92 Å². The molecule has 1 N–H and O–H groups in total. The van der Waals surface area contributed by atoms with Crippen molar-refractivity contribution in [2.45, 2.75) is 32.6 Å². The van der Waals surface area contributed by atoms with Crippen LogP contribution in [0.5, 0.6) is 11.5 Å². The molecule has 2 aromatic rings. The van der Waals surface area contributed by atoms with Crippen LogP contribution < -0.4 is 4.74 Å². The second kappa shape index (κ2) is 6.75. The summed E-state index contributed by atoms with van der Waals surface area (Å²) in [6.45, 7) is 1.83. The van der Waals surface area contributed by atoms with E-state index in [4.69, 9.17) is 4.74 Å². The minimum Gasteiger partial charge on any atom is -0.504 e. The van der Waals surface area contributed by atoms with Crippen molar-refractivity contribution in [3.63, 3.8) is 0 Å². The molecular formula is C19H19F3O2. The fraction of sp³-hybridized carbons (Fsp3) is 0.368. The monoisotopic (exact) mass is 336 g/mol. The molecule has 128 valence electrons. The predicted octanol–water partition coefficient (Wildman–Crippen LogP) is 5.35. The lowest BCUT2D eigenvalue weighted by Gasteiger charge is -2.14. The molecule has 3 rings (SSSR count). The summed E-state index contributed by atoms with van der Waals surface area (Å²) in [5.41, 5.74) is -0.137. The highest BCUT2D eigenvalue weighted by Crippen LogP contribution is 2.38. The Labute approximate surface area is 138 Å². The molecule has 0 unspecified atom stereocenters. The number of benzene rings is 2. The van der Waals surface area contributed by atoms with Crippen LogP contribution in [0.2, 0.25) is 0 Å². The Morgan fingerprint density at radius 1 is 0.958 bits per heavy atom. The summed E-state index contributed by atoms with van der Waals surface area (Å²) >= 11 is 0. The van der Waals surface area contributed by atoms with Crippen molar-refractivity contribution in [2.75, 3.05) is 6.61 Å². The Morgan fingerprint density at radius 3 is 2.33 bits per heavy atom. The molecule has 0 bridgehead atoms. The van der Waals surface area contributed by atoms with Gasteiger partial charge in [-0.1, -0.05) is 25.0 Å². The van der Waals surface area contributed by atoms with Crippen LogP contribution in [0.15, 0.2) is 24.3 Å². The summed E-state index contributed by atoms with van der Waals surface area (Å²) in [7, 11) is 0. The molecule has 1 aliphatic carbocycles. The highest BCUT2D eigenvalue weighted by molar-refractivity contribution is 5.72. The first-order valence-electron chi connectivity index (χ1n) is 8.08. The summed E-state index contributed by atoms with van der Waals surface area (Å²) in [6, 6.07) is 5.39. The van der Waals surface area contributed by atoms with Gasteiger partial charge in [-0.15, -0.1) is 0 Å². The van der Waals surface area contributed by atoms with E-state index in [1.54, 1.807) is 0 Å². The van der Waals surface area contributed by atoms with E-state index in [0.29, 0.717) is 12.5 Å². The quantitative estimate of drug-likeness (QED) is 0.815. The molecule has 1 fully saturated rings. The third-order valence-corrected chi connectivity index (χ3v) is 4.60. The Balaban J connectivity index is 1.88. The normalized spacial score (nSPS) is 15.0. The molecule has 0 aliphatic heterocycles. The molecule has 0 heterocycles. The predicted molar refractivity (Wildman–Crippen MR) is 85.6 cm³/mol. The number of halogens is 3. The van der Waals surface area contributed by atoms with E-state index in [1.165, 1.54) is 31.2 Å². The van der Waals surface area contributed by atoms with E-state index in [9.17, 15) is 18.3 Å². The molecule has 0 amide bonds. The lowest BCUT2D eigenvalue weighted by atomic mass is 10.0. The smallest absolute Gasteiger partial charge is 0.207 e. The van der Waals surface area contributed by atoms with E-state index in [-0.39, 0.29) is 22.4 Å². The van der Waals surface area contributed by atoms with Gasteiger partial charge in [0.25, 0.3) is 0 Å². The lowest BCUT2D eigenvalue weighted by Crippen LogP contribution is -2.09. The molecule has 0 aromatic heterocycles. The number of phenols is 1. The second-order valence-corrected chi connectivity index (χ2v) is 6.29. The van der Waals surface area contributed by atoms with E-state index in [2.05, 4.69) is 0 Å². The van der Waals surface area contributed by atoms with Crippen LogP contribution in [0.4, 0.5) is 13.2 Å². The highest BCUT2D eigenvalue weighted by Gasteiger charge is 2.21. The first-order valence-corrected chi connectivity index (χ1v) is 8.08. The lowest BCUT2D eigenvalue weighted by molar-refractivity contribution is 0.239. The average molecular weight is 336 g/mol. The zero-order valence-electron chi connectivity index (χ0n) is 13.4. The number of ether oxygens (including phenoxy) is 1. The van der Waals surface area contributed by atoms with Gasteiger partial charge in [-0.25, -0.2) is 8.78 Å². The van der Waals surface area contributed by atoms with Crippen LogP contribution in [0.25, 0.3) is 11.1 Å². The van der Waals surface area contributed by atoms with Gasteiger partial charge in [0.15, 0.2) is 23.1 Å². The molecule has 0 spiro atoms. The van der Waals surface area contributed by atoms with E-state index in [0.717, 1.165) is 25.7 Å². The minimum atomic E-state index is -1.11. The Hall–Kier alpha value is -2.17. The zero-order valence-corrected chi connectivity index (χ0v) is 13.4. The first kappa shape index (κ1) is 16.7. The van der Waals surface area contributed by atoms with Gasteiger partial charge in [0, 0.05) is 11.1 Å². The van der Waals surface area contributed by atoms with Crippen LogP contribution in [-0.2, 0) is 0 Å². The third-order valence-electron chi connectivity index (χ3n) is 4.60. The fourth-order valence-corrected chi connectivity index (χ4v) is 3.11. The maximum Gasteiger partial charge on any atom is 0.207 e. The number of aryl methyl sites for hydroxylation is 1. The van der Waals surface area contributed by atoms with Crippen molar-refractivity contribution in [3.8, 4) is 22.6 Å². The van der Waals surface area contributed by atoms with Gasteiger partial charge in [-0.3, -0.25) is 0 Å². The maximum absolute atomic E-state index is 14.3. The number of hydrogen-bond acceptors (Lipinski definition) is 2. The fourth-order valence-electron chi connectivity index (χ4n) is 3.11. The molecule has 0 radical (unpaired) electrons. The summed E-state index contributed by atoms with van der Waals surface area (Å²) < 4.78 is 47.6. The molecular weight excluding hydrogens is 317 g/mol. The van der Waals surface area contributed by atoms with Crippen LogP contribution in [-0.4, -0.2) is 11.7 Å². The van der Waals surface area contributed by atoms with Crippen LogP contribution >= 0.6 is 0 Å². The molecule has 1 saturated carbocycles. The first-order chi connectivity index (χ1) is 11.5. The van der Waals surface area contributed by atoms with Crippen LogP contribution in [0.1, 0.15) is 31.2 Å². The number of aromatic hydroxyl groups is 1. The maximum atomic E-state index is 14.3. The summed E-state index contributed by atoms with van der Waals surface area (Å²) in [5.74, 6) is -3.48. The molecule has 0 atom stereocenters. The zero-order chi connectivity index (χ0) is 17.3. The van der Waals surface area contributed by atoms with Crippen molar-refractivity contribution < 1.29 is 23.0 Å². The number of phenolic OH excluding ortho intramolecular Hbond substituents is 1. The van der Waals surface area contributed by atoms with Crippen molar-refractivity contribution in [1.29, 1.82) is 0 Å². The largest absolute Gasteiger partial charge is 0.504 e. The molecule has 0 saturated heterocycles. The van der Waals surface area contributed by atoms with Crippen molar-refractivity contribution >= 4 is 0 Å². The van der Waals surface area contributed by atoms with E-state index < -0.39 is 23.2 Å². The van der Waals surface area contributed by atoms with E-state index in [1.807, 2.05) is 0 Å². The van der Waals surface area contributed by atoms with Gasteiger partial charge in [-0.2, -0.15) is 4.39 Å². The molecule has 2 aromatic carbocycles. The van der Waals surface area contributed by atoms with Gasteiger partial charge in [0.05, 0.1) is 6.61 Å². The minimum absolute atomic E-state index is 0.0730. The average Bonchev–Trinajstić information content (AvgIpc) is 3.08. The molecule has 1 aliphatic rings. The van der Waals surface area contributed by atoms with Crippen molar-refractivity contribution in [3.05, 3.63) is 47.3 Å². The van der Waals surface area contributed by atoms with Gasteiger partial charge in [-0.05, 0) is 43.4 Å².